The molecule has 0 spiro atoms. The molecule has 1 aromatic heterocycles. The van der Waals surface area contributed by atoms with Crippen LogP contribution in [0, 0.1) is 0 Å². The van der Waals surface area contributed by atoms with Gasteiger partial charge in [0.05, 0.1) is 12.2 Å². The number of aliphatic imine (C=N–C) groups is 1. The Morgan fingerprint density at radius 3 is 2.58 bits per heavy atom. The van der Waals surface area contributed by atoms with Gasteiger partial charge < -0.3 is 10.4 Å². The Balaban J connectivity index is 1.81. The lowest BCUT2D eigenvalue weighted by Gasteiger charge is -2.26. The second kappa shape index (κ2) is 8.43. The largest absolute Gasteiger partial charge is 0.493 e. The molecule has 1 aliphatic rings. The van der Waals surface area contributed by atoms with E-state index < -0.39 is 17.1 Å². The molecule has 3 N–H and O–H groups in total. The maximum Gasteiger partial charge on any atom is 0.335 e. The molecule has 0 atom stereocenters. The zero-order valence-electron chi connectivity index (χ0n) is 14.1. The molecule has 1 saturated heterocycles. The first kappa shape index (κ1) is 18.6. The fourth-order valence-electron chi connectivity index (χ4n) is 2.77. The summed E-state index contributed by atoms with van der Waals surface area (Å²) in [5.74, 6) is -0.424. The summed E-state index contributed by atoms with van der Waals surface area (Å²) in [6.45, 7) is 5.15. The Morgan fingerprint density at radius 2 is 1.88 bits per heavy atom. The average Bonchev–Trinajstić information content (AvgIpc) is 2.63. The molecule has 8 nitrogen and oxygen atoms in total. The van der Waals surface area contributed by atoms with Crippen molar-refractivity contribution in [2.45, 2.75) is 0 Å². The number of nitrogens with zero attached hydrogens (tertiary/aromatic N) is 3. The number of nitrogens with one attached hydrogen (secondary N) is 2. The highest BCUT2D eigenvalue weighted by Crippen LogP contribution is 2.17. The fourth-order valence-corrected chi connectivity index (χ4v) is 3.04. The zero-order valence-corrected chi connectivity index (χ0v) is 15.7. The molecule has 0 bridgehead atoms. The molecule has 3 rings (SSSR count). The number of aromatic hydroxyl groups is 1. The van der Waals surface area contributed by atoms with Crippen molar-refractivity contribution in [1.29, 1.82) is 0 Å². The first-order chi connectivity index (χ1) is 12.6. The lowest BCUT2D eigenvalue weighted by Crippen LogP contribution is -2.44. The van der Waals surface area contributed by atoms with E-state index >= 15 is 0 Å². The molecule has 2 aromatic rings. The summed E-state index contributed by atoms with van der Waals surface area (Å²) in [4.78, 5) is 32.9. The minimum atomic E-state index is -0.701. The van der Waals surface area contributed by atoms with Crippen LogP contribution in [0.3, 0.4) is 0 Å². The van der Waals surface area contributed by atoms with Gasteiger partial charge in [-0.15, -0.1) is 0 Å². The highest BCUT2D eigenvalue weighted by molar-refractivity contribution is 9.10. The van der Waals surface area contributed by atoms with Gasteiger partial charge in [-0.1, -0.05) is 15.9 Å². The minimum absolute atomic E-state index is 0.0344. The number of hydrogen-bond acceptors (Lipinski definition) is 6. The van der Waals surface area contributed by atoms with E-state index in [0.717, 1.165) is 41.8 Å². The summed E-state index contributed by atoms with van der Waals surface area (Å²) in [5.41, 5.74) is -0.949. The van der Waals surface area contributed by atoms with Crippen molar-refractivity contribution in [1.82, 2.24) is 19.8 Å². The van der Waals surface area contributed by atoms with Crippen molar-refractivity contribution in [3.63, 3.8) is 0 Å². The van der Waals surface area contributed by atoms with E-state index in [4.69, 9.17) is 0 Å². The van der Waals surface area contributed by atoms with E-state index in [1.54, 1.807) is 24.3 Å². The van der Waals surface area contributed by atoms with Crippen LogP contribution in [0.4, 0.5) is 0 Å². The SMILES string of the molecule is O=c1[nH]c(=O)n(-c2ccc(Br)cc2)c(O)c1C=NCCN1CCNCC1. The number of H-pyrrole nitrogens is 1. The van der Waals surface area contributed by atoms with Crippen LogP contribution in [0.15, 0.2) is 43.3 Å². The maximum absolute atomic E-state index is 12.1. The van der Waals surface area contributed by atoms with E-state index in [-0.39, 0.29) is 5.56 Å². The smallest absolute Gasteiger partial charge is 0.335 e. The van der Waals surface area contributed by atoms with Crippen LogP contribution in [0.1, 0.15) is 5.56 Å². The standard InChI is InChI=1S/C17H20BrN5O3/c18-12-1-3-13(4-2-12)23-16(25)14(15(24)21-17(23)26)11-20-7-10-22-8-5-19-6-9-22/h1-4,11,19,25H,5-10H2,(H,21,24,26). The Labute approximate surface area is 158 Å². The monoisotopic (exact) mass is 421 g/mol. The van der Waals surface area contributed by atoms with Crippen LogP contribution in [-0.4, -0.2) is 65.0 Å². The molecule has 1 fully saturated rings. The third kappa shape index (κ3) is 4.29. The Kier molecular flexibility index (Phi) is 6.02. The van der Waals surface area contributed by atoms with E-state index in [1.165, 1.54) is 6.21 Å². The first-order valence-corrected chi connectivity index (χ1v) is 9.12. The van der Waals surface area contributed by atoms with Crippen LogP contribution in [-0.2, 0) is 0 Å². The van der Waals surface area contributed by atoms with Crippen molar-refractivity contribution < 1.29 is 5.11 Å². The van der Waals surface area contributed by atoms with Gasteiger partial charge in [0.1, 0.15) is 5.56 Å². The van der Waals surface area contributed by atoms with Gasteiger partial charge in [0.15, 0.2) is 0 Å². The molecule has 1 aliphatic heterocycles. The quantitative estimate of drug-likeness (QED) is 0.603. The van der Waals surface area contributed by atoms with Gasteiger partial charge in [0.25, 0.3) is 5.56 Å². The molecule has 0 saturated carbocycles. The van der Waals surface area contributed by atoms with E-state index in [9.17, 15) is 14.7 Å². The summed E-state index contributed by atoms with van der Waals surface area (Å²) in [6.07, 6.45) is 1.32. The number of aromatic amines is 1. The molecule has 26 heavy (non-hydrogen) atoms. The number of halogens is 1. The van der Waals surface area contributed by atoms with Crippen LogP contribution in [0.2, 0.25) is 0 Å². The summed E-state index contributed by atoms with van der Waals surface area (Å²) >= 11 is 3.32. The topological polar surface area (TPSA) is 103 Å². The maximum atomic E-state index is 12.1. The molecule has 1 aromatic carbocycles. The number of rotatable bonds is 5. The number of piperazine rings is 1. The van der Waals surface area contributed by atoms with Crippen LogP contribution in [0.25, 0.3) is 5.69 Å². The molecular formula is C17H20BrN5O3. The molecule has 0 amide bonds. The molecule has 0 radical (unpaired) electrons. The number of hydrogen-bond donors (Lipinski definition) is 3. The molecular weight excluding hydrogens is 402 g/mol. The van der Waals surface area contributed by atoms with E-state index in [0.29, 0.717) is 12.2 Å². The van der Waals surface area contributed by atoms with Crippen molar-refractivity contribution in [3.05, 3.63) is 55.1 Å². The molecule has 9 heteroatoms. The summed E-state index contributed by atoms with van der Waals surface area (Å²) in [7, 11) is 0. The van der Waals surface area contributed by atoms with Gasteiger partial charge >= 0.3 is 5.69 Å². The average molecular weight is 422 g/mol. The van der Waals surface area contributed by atoms with Gasteiger partial charge in [-0.3, -0.25) is 19.7 Å². The Morgan fingerprint density at radius 1 is 1.19 bits per heavy atom. The molecule has 138 valence electrons. The molecule has 0 unspecified atom stereocenters. The predicted octanol–water partition coefficient (Wildman–Crippen LogP) is 0.318. The van der Waals surface area contributed by atoms with Crippen molar-refractivity contribution >= 4 is 22.1 Å². The van der Waals surface area contributed by atoms with E-state index in [2.05, 4.69) is 36.1 Å². The van der Waals surface area contributed by atoms with Crippen LogP contribution in [0.5, 0.6) is 5.88 Å². The Hall–Kier alpha value is -2.23. The normalized spacial score (nSPS) is 15.6. The second-order valence-electron chi connectivity index (χ2n) is 5.94. The molecule has 2 heterocycles. The highest BCUT2D eigenvalue weighted by atomic mass is 79.9. The van der Waals surface area contributed by atoms with Gasteiger partial charge in [-0.25, -0.2) is 9.36 Å². The third-order valence-corrected chi connectivity index (χ3v) is 4.71. The van der Waals surface area contributed by atoms with Crippen LogP contribution < -0.4 is 16.6 Å². The van der Waals surface area contributed by atoms with Crippen molar-refractivity contribution in [3.8, 4) is 11.6 Å². The highest BCUT2D eigenvalue weighted by Gasteiger charge is 2.14. The van der Waals surface area contributed by atoms with Crippen molar-refractivity contribution in [2.24, 2.45) is 4.99 Å². The lowest BCUT2D eigenvalue weighted by atomic mass is 10.3. The fraction of sp³-hybridized carbons (Fsp3) is 0.353. The van der Waals surface area contributed by atoms with E-state index in [1.807, 2.05) is 0 Å². The predicted molar refractivity (Wildman–Crippen MR) is 104 cm³/mol. The van der Waals surface area contributed by atoms with Gasteiger partial charge in [0, 0.05) is 43.4 Å². The lowest BCUT2D eigenvalue weighted by molar-refractivity contribution is 0.248. The number of aromatic nitrogens is 2. The molecule has 0 aliphatic carbocycles. The summed E-state index contributed by atoms with van der Waals surface area (Å²) in [6, 6.07) is 6.81. The van der Waals surface area contributed by atoms with Gasteiger partial charge in [-0.2, -0.15) is 0 Å². The summed E-state index contributed by atoms with van der Waals surface area (Å²) in [5, 5.41) is 13.7. The second-order valence-corrected chi connectivity index (χ2v) is 6.85. The summed E-state index contributed by atoms with van der Waals surface area (Å²) < 4.78 is 1.89. The van der Waals surface area contributed by atoms with Gasteiger partial charge in [-0.05, 0) is 24.3 Å². The number of benzene rings is 1. The van der Waals surface area contributed by atoms with Gasteiger partial charge in [0.2, 0.25) is 5.88 Å². The minimum Gasteiger partial charge on any atom is -0.493 e. The first-order valence-electron chi connectivity index (χ1n) is 8.33. The zero-order chi connectivity index (χ0) is 18.5. The van der Waals surface area contributed by atoms with Crippen molar-refractivity contribution in [2.75, 3.05) is 39.3 Å². The van der Waals surface area contributed by atoms with Crippen LogP contribution >= 0.6 is 15.9 Å². The third-order valence-electron chi connectivity index (χ3n) is 4.18. The Bertz CT molecular complexity index is 898.